The quantitative estimate of drug-likeness (QED) is 0.857. The number of aromatic nitrogens is 1. The molecule has 5 heteroatoms. The highest BCUT2D eigenvalue weighted by Gasteiger charge is 2.21. The molecule has 98 valence electrons. The second-order valence-corrected chi connectivity index (χ2v) is 5.44. The van der Waals surface area contributed by atoms with Crippen LogP contribution in [0.5, 0.6) is 0 Å². The van der Waals surface area contributed by atoms with Gasteiger partial charge in [0.2, 0.25) is 0 Å². The van der Waals surface area contributed by atoms with Crippen LogP contribution in [0.2, 0.25) is 0 Å². The van der Waals surface area contributed by atoms with Gasteiger partial charge in [0.05, 0.1) is 5.56 Å². The zero-order chi connectivity index (χ0) is 13.0. The Morgan fingerprint density at radius 3 is 2.67 bits per heavy atom. The molecule has 1 saturated heterocycles. The summed E-state index contributed by atoms with van der Waals surface area (Å²) in [5, 5.41) is 0. The summed E-state index contributed by atoms with van der Waals surface area (Å²) in [5.74, 6) is 0.0833. The average molecular weight is 312 g/mol. The van der Waals surface area contributed by atoms with Gasteiger partial charge in [-0.3, -0.25) is 14.7 Å². The maximum atomic E-state index is 12.3. The Morgan fingerprint density at radius 2 is 2.06 bits per heavy atom. The second-order valence-electron chi connectivity index (χ2n) is 4.53. The lowest BCUT2D eigenvalue weighted by molar-refractivity contribution is 0.0637. The molecule has 0 N–H and O–H groups in total. The molecule has 1 aliphatic rings. The van der Waals surface area contributed by atoms with E-state index in [2.05, 4.69) is 32.7 Å². The van der Waals surface area contributed by atoms with Crippen LogP contribution in [0.15, 0.2) is 22.9 Å². The van der Waals surface area contributed by atoms with Crippen molar-refractivity contribution in [2.45, 2.75) is 13.3 Å². The Labute approximate surface area is 116 Å². The summed E-state index contributed by atoms with van der Waals surface area (Å²) in [4.78, 5) is 20.6. The summed E-state index contributed by atoms with van der Waals surface area (Å²) in [7, 11) is 0. The van der Waals surface area contributed by atoms with Gasteiger partial charge in [0.1, 0.15) is 0 Å². The topological polar surface area (TPSA) is 36.4 Å². The maximum absolute atomic E-state index is 12.3. The normalized spacial score (nSPS) is 16.9. The molecule has 1 aromatic rings. The summed E-state index contributed by atoms with van der Waals surface area (Å²) in [5.41, 5.74) is 0.660. The number of nitrogens with zero attached hydrogens (tertiary/aromatic N) is 3. The molecule has 1 aliphatic heterocycles. The fourth-order valence-corrected chi connectivity index (χ4v) is 2.57. The van der Waals surface area contributed by atoms with Crippen LogP contribution in [0.1, 0.15) is 23.7 Å². The van der Waals surface area contributed by atoms with E-state index in [9.17, 15) is 4.79 Å². The predicted octanol–water partition coefficient (Wildman–Crippen LogP) is 2.01. The largest absolute Gasteiger partial charge is 0.336 e. The third-order valence-corrected chi connectivity index (χ3v) is 3.58. The van der Waals surface area contributed by atoms with E-state index < -0.39 is 0 Å². The number of piperazine rings is 1. The standard InChI is InChI=1S/C13H18BrN3O/c1-2-3-16-4-6-17(7-5-16)13(18)11-8-12(14)10-15-9-11/h8-10H,2-7H2,1H3. The van der Waals surface area contributed by atoms with Crippen molar-refractivity contribution < 1.29 is 4.79 Å². The molecule has 0 atom stereocenters. The highest BCUT2D eigenvalue weighted by Crippen LogP contribution is 2.13. The van der Waals surface area contributed by atoms with Crippen molar-refractivity contribution in [3.05, 3.63) is 28.5 Å². The van der Waals surface area contributed by atoms with Gasteiger partial charge in [-0.15, -0.1) is 0 Å². The van der Waals surface area contributed by atoms with Crippen LogP contribution in [0.25, 0.3) is 0 Å². The van der Waals surface area contributed by atoms with E-state index in [1.165, 1.54) is 6.42 Å². The van der Waals surface area contributed by atoms with E-state index in [0.29, 0.717) is 5.56 Å². The van der Waals surface area contributed by atoms with E-state index in [1.807, 2.05) is 11.0 Å². The fourth-order valence-electron chi connectivity index (χ4n) is 2.20. The molecule has 0 unspecified atom stereocenters. The number of hydrogen-bond acceptors (Lipinski definition) is 3. The first-order chi connectivity index (χ1) is 8.70. The van der Waals surface area contributed by atoms with Gasteiger partial charge < -0.3 is 4.90 Å². The van der Waals surface area contributed by atoms with E-state index in [4.69, 9.17) is 0 Å². The third-order valence-electron chi connectivity index (χ3n) is 3.15. The molecular formula is C13H18BrN3O. The van der Waals surface area contributed by atoms with E-state index in [0.717, 1.165) is 37.2 Å². The number of hydrogen-bond donors (Lipinski definition) is 0. The van der Waals surface area contributed by atoms with E-state index in [-0.39, 0.29) is 5.91 Å². The van der Waals surface area contributed by atoms with Crippen LogP contribution in [0, 0.1) is 0 Å². The first kappa shape index (κ1) is 13.5. The highest BCUT2D eigenvalue weighted by atomic mass is 79.9. The van der Waals surface area contributed by atoms with Gasteiger partial charge in [0, 0.05) is 43.0 Å². The predicted molar refractivity (Wildman–Crippen MR) is 74.6 cm³/mol. The number of halogens is 1. The summed E-state index contributed by atoms with van der Waals surface area (Å²) < 4.78 is 0.845. The number of pyridine rings is 1. The monoisotopic (exact) mass is 311 g/mol. The van der Waals surface area contributed by atoms with Gasteiger partial charge in [-0.2, -0.15) is 0 Å². The van der Waals surface area contributed by atoms with E-state index in [1.54, 1.807) is 12.4 Å². The minimum Gasteiger partial charge on any atom is -0.336 e. The molecule has 0 spiro atoms. The maximum Gasteiger partial charge on any atom is 0.255 e. The Bertz CT molecular complexity index is 416. The number of rotatable bonds is 3. The first-order valence-corrected chi connectivity index (χ1v) is 7.12. The second kappa shape index (κ2) is 6.29. The van der Waals surface area contributed by atoms with Crippen molar-refractivity contribution in [2.24, 2.45) is 0 Å². The first-order valence-electron chi connectivity index (χ1n) is 6.33. The van der Waals surface area contributed by atoms with Gasteiger partial charge >= 0.3 is 0 Å². The summed E-state index contributed by atoms with van der Waals surface area (Å²) >= 11 is 3.34. The summed E-state index contributed by atoms with van der Waals surface area (Å²) in [6, 6.07) is 1.83. The minimum absolute atomic E-state index is 0.0833. The Hall–Kier alpha value is -0.940. The summed E-state index contributed by atoms with van der Waals surface area (Å²) in [6.45, 7) is 6.88. The van der Waals surface area contributed by atoms with Crippen molar-refractivity contribution in [2.75, 3.05) is 32.7 Å². The van der Waals surface area contributed by atoms with Crippen LogP contribution in [0.4, 0.5) is 0 Å². The van der Waals surface area contributed by atoms with Crippen molar-refractivity contribution in [1.29, 1.82) is 0 Å². The molecule has 0 radical (unpaired) electrons. The van der Waals surface area contributed by atoms with Gasteiger partial charge in [-0.1, -0.05) is 6.92 Å². The zero-order valence-electron chi connectivity index (χ0n) is 10.6. The van der Waals surface area contributed by atoms with Crippen molar-refractivity contribution >= 4 is 21.8 Å². The van der Waals surface area contributed by atoms with Crippen molar-refractivity contribution in [3.63, 3.8) is 0 Å². The molecule has 4 nitrogen and oxygen atoms in total. The van der Waals surface area contributed by atoms with Crippen LogP contribution in [0.3, 0.4) is 0 Å². The minimum atomic E-state index is 0.0833. The molecule has 1 amide bonds. The van der Waals surface area contributed by atoms with Crippen molar-refractivity contribution in [3.8, 4) is 0 Å². The lowest BCUT2D eigenvalue weighted by Gasteiger charge is -2.34. The molecule has 2 heterocycles. The van der Waals surface area contributed by atoms with Crippen LogP contribution in [-0.2, 0) is 0 Å². The molecule has 0 aliphatic carbocycles. The molecule has 0 aromatic carbocycles. The zero-order valence-corrected chi connectivity index (χ0v) is 12.2. The smallest absolute Gasteiger partial charge is 0.255 e. The molecule has 2 rings (SSSR count). The summed E-state index contributed by atoms with van der Waals surface area (Å²) in [6.07, 6.45) is 4.49. The third kappa shape index (κ3) is 3.29. The number of amides is 1. The lowest BCUT2D eigenvalue weighted by Crippen LogP contribution is -2.48. The SMILES string of the molecule is CCCN1CCN(C(=O)c2cncc(Br)c2)CC1. The number of carbonyl (C=O) groups is 1. The van der Waals surface area contributed by atoms with Crippen LogP contribution < -0.4 is 0 Å². The highest BCUT2D eigenvalue weighted by molar-refractivity contribution is 9.10. The van der Waals surface area contributed by atoms with Crippen LogP contribution in [-0.4, -0.2) is 53.4 Å². The Balaban J connectivity index is 1.95. The molecule has 1 fully saturated rings. The molecule has 0 saturated carbocycles. The van der Waals surface area contributed by atoms with Gasteiger partial charge in [-0.05, 0) is 35.0 Å². The molecule has 0 bridgehead atoms. The Kier molecular flexibility index (Phi) is 4.72. The van der Waals surface area contributed by atoms with Gasteiger partial charge in [-0.25, -0.2) is 0 Å². The lowest BCUT2D eigenvalue weighted by atomic mass is 10.2. The van der Waals surface area contributed by atoms with Gasteiger partial charge in [0.15, 0.2) is 0 Å². The van der Waals surface area contributed by atoms with Crippen molar-refractivity contribution in [1.82, 2.24) is 14.8 Å². The Morgan fingerprint density at radius 1 is 1.33 bits per heavy atom. The van der Waals surface area contributed by atoms with E-state index >= 15 is 0 Å². The molecular weight excluding hydrogens is 294 g/mol. The molecule has 18 heavy (non-hydrogen) atoms. The molecule has 1 aromatic heterocycles. The van der Waals surface area contributed by atoms with Gasteiger partial charge in [0.25, 0.3) is 5.91 Å². The average Bonchev–Trinajstić information content (AvgIpc) is 2.39. The fraction of sp³-hybridized carbons (Fsp3) is 0.538. The van der Waals surface area contributed by atoms with Crippen LogP contribution >= 0.6 is 15.9 Å². The number of carbonyl (C=O) groups excluding carboxylic acids is 1.